The summed E-state index contributed by atoms with van der Waals surface area (Å²) in [5, 5.41) is 12.5. The fourth-order valence-electron chi connectivity index (χ4n) is 9.41. The lowest BCUT2D eigenvalue weighted by molar-refractivity contribution is -0.616. The zero-order valence-electron chi connectivity index (χ0n) is 16.9. The number of hydrogen-bond donors (Lipinski definition) is 2. The summed E-state index contributed by atoms with van der Waals surface area (Å²) in [5.41, 5.74) is 4.90. The first-order valence-electron chi connectivity index (χ1n) is 11.5. The van der Waals surface area contributed by atoms with Gasteiger partial charge < -0.3 is 15.2 Å². The number of nitrogens with one attached hydrogen (secondary N) is 1. The summed E-state index contributed by atoms with van der Waals surface area (Å²) >= 11 is 0. The second-order valence-corrected chi connectivity index (χ2v) is 10.6. The van der Waals surface area contributed by atoms with Crippen LogP contribution in [0.1, 0.15) is 23.5 Å². The first-order valence-corrected chi connectivity index (χ1v) is 11.5. The highest BCUT2D eigenvalue weighted by molar-refractivity contribution is 5.81. The molecule has 1 atom stereocenters. The van der Waals surface area contributed by atoms with E-state index in [0.29, 0.717) is 6.42 Å². The summed E-state index contributed by atoms with van der Waals surface area (Å²) < 4.78 is 5.59. The molecule has 9 rings (SSSR count). The van der Waals surface area contributed by atoms with Gasteiger partial charge in [-0.2, -0.15) is 0 Å². The number of hydrogen-bond acceptors (Lipinski definition) is 3. The van der Waals surface area contributed by atoms with Gasteiger partial charge >= 0.3 is 12.1 Å². The van der Waals surface area contributed by atoms with E-state index < -0.39 is 18.1 Å². The Bertz CT molecular complexity index is 1090. The number of carboxylic acid groups (broad SMARTS) is 1. The normalized spacial score (nSPS) is 41.1. The first kappa shape index (κ1) is 16.8. The third-order valence-corrected chi connectivity index (χ3v) is 10.2. The van der Waals surface area contributed by atoms with Crippen LogP contribution in [0, 0.1) is 46.8 Å². The van der Waals surface area contributed by atoms with Crippen LogP contribution in [0.5, 0.6) is 0 Å². The first-order chi connectivity index (χ1) is 15.1. The zero-order chi connectivity index (χ0) is 20.6. The van der Waals surface area contributed by atoms with Gasteiger partial charge in [0.25, 0.3) is 0 Å². The molecule has 7 aliphatic carbocycles. The molecule has 6 saturated carbocycles. The van der Waals surface area contributed by atoms with Crippen LogP contribution in [0.3, 0.4) is 0 Å². The predicted octanol–water partition coefficient (Wildman–Crippen LogP) is 3.74. The van der Waals surface area contributed by atoms with Crippen LogP contribution in [0.4, 0.5) is 4.79 Å². The molecule has 2 aromatic carbocycles. The molecule has 0 radical (unpaired) electrons. The van der Waals surface area contributed by atoms with Crippen LogP contribution < -0.4 is 5.32 Å². The van der Waals surface area contributed by atoms with Gasteiger partial charge in [-0.1, -0.05) is 48.5 Å². The van der Waals surface area contributed by atoms with Gasteiger partial charge in [-0.25, -0.2) is 9.59 Å². The number of fused-ring (bicyclic) bond motifs is 3. The van der Waals surface area contributed by atoms with Crippen molar-refractivity contribution < 1.29 is 19.4 Å². The van der Waals surface area contributed by atoms with Crippen LogP contribution in [0.15, 0.2) is 48.5 Å². The quantitative estimate of drug-likeness (QED) is 0.757. The Kier molecular flexibility index (Phi) is 2.79. The molecule has 0 aromatic heterocycles. The van der Waals surface area contributed by atoms with Crippen molar-refractivity contribution in [2.75, 3.05) is 6.61 Å². The van der Waals surface area contributed by atoms with E-state index in [9.17, 15) is 14.7 Å². The average Bonchev–Trinajstić information content (AvgIpc) is 3.11. The van der Waals surface area contributed by atoms with Gasteiger partial charge in [0.15, 0.2) is 0 Å². The van der Waals surface area contributed by atoms with Crippen molar-refractivity contribution in [1.82, 2.24) is 5.32 Å². The van der Waals surface area contributed by atoms with Crippen LogP contribution in [-0.2, 0) is 9.53 Å². The van der Waals surface area contributed by atoms with Gasteiger partial charge in [0.2, 0.25) is 0 Å². The van der Waals surface area contributed by atoms with Crippen molar-refractivity contribution >= 4 is 12.1 Å². The minimum Gasteiger partial charge on any atom is -0.480 e. The second kappa shape index (κ2) is 5.14. The number of rotatable bonds is 6. The molecule has 31 heavy (non-hydrogen) atoms. The third kappa shape index (κ3) is 1.62. The van der Waals surface area contributed by atoms with Crippen LogP contribution >= 0.6 is 0 Å². The molecule has 1 amide bonds. The minimum absolute atomic E-state index is 0.0225. The van der Waals surface area contributed by atoms with E-state index in [1.165, 1.54) is 11.1 Å². The van der Waals surface area contributed by atoms with Crippen molar-refractivity contribution in [3.63, 3.8) is 0 Å². The molecule has 2 aromatic rings. The number of aliphatic carboxylic acids is 1. The fraction of sp³-hybridized carbons (Fsp3) is 0.462. The summed E-state index contributed by atoms with van der Waals surface area (Å²) in [6, 6.07) is 15.5. The topological polar surface area (TPSA) is 75.6 Å². The number of carbonyl (C=O) groups excluding carboxylic acids is 1. The Morgan fingerprint density at radius 1 is 0.903 bits per heavy atom. The van der Waals surface area contributed by atoms with Crippen molar-refractivity contribution in [3.8, 4) is 11.1 Å². The smallest absolute Gasteiger partial charge is 0.407 e. The highest BCUT2D eigenvalue weighted by Gasteiger charge is 3.03. The van der Waals surface area contributed by atoms with Crippen LogP contribution in [-0.4, -0.2) is 29.8 Å². The average molecular weight is 413 g/mol. The van der Waals surface area contributed by atoms with Crippen LogP contribution in [0.2, 0.25) is 0 Å². The van der Waals surface area contributed by atoms with E-state index >= 15 is 0 Å². The molecule has 0 aliphatic heterocycles. The molecule has 7 aliphatic rings. The lowest BCUT2D eigenvalue weighted by Gasteiger charge is -3.08. The van der Waals surface area contributed by atoms with E-state index in [1.807, 2.05) is 24.3 Å². The lowest BCUT2D eigenvalue weighted by Crippen LogP contribution is -3.05. The Morgan fingerprint density at radius 3 is 2.00 bits per heavy atom. The number of benzene rings is 2. The molecule has 0 heterocycles. The fourth-order valence-corrected chi connectivity index (χ4v) is 9.41. The van der Waals surface area contributed by atoms with Crippen molar-refractivity contribution in [2.24, 2.45) is 46.8 Å². The van der Waals surface area contributed by atoms with Crippen LogP contribution in [0.25, 0.3) is 11.1 Å². The van der Waals surface area contributed by atoms with Gasteiger partial charge in [0.1, 0.15) is 12.6 Å². The maximum absolute atomic E-state index is 12.6. The Morgan fingerprint density at radius 2 is 1.45 bits per heavy atom. The molecular formula is C26H23NO4. The molecule has 5 nitrogen and oxygen atoms in total. The summed E-state index contributed by atoms with van der Waals surface area (Å²) in [7, 11) is 0. The van der Waals surface area contributed by atoms with E-state index in [4.69, 9.17) is 4.74 Å². The Balaban J connectivity index is 0.966. The predicted molar refractivity (Wildman–Crippen MR) is 111 cm³/mol. The molecule has 156 valence electrons. The lowest BCUT2D eigenvalue weighted by atomic mass is 8.96. The molecule has 2 N–H and O–H groups in total. The molecule has 6 fully saturated rings. The molecule has 5 heteroatoms. The standard InChI is InChI=1S/C26H23NO4/c28-24(29)16(9-26-21-18-17-19(21)23(26)20(17)22(18)26)27-25(30)31-10-15-13-7-3-1-5-11(13)12-6-2-4-8-14(12)15/h1-8,15-23H,9-10H2,(H,27,30)(H,28,29)/t16-,17?,18?,19?,20?,21?,22?,23?,26?/m0/s1. The maximum atomic E-state index is 12.6. The molecule has 0 spiro atoms. The van der Waals surface area contributed by atoms with Crippen molar-refractivity contribution in [3.05, 3.63) is 59.7 Å². The van der Waals surface area contributed by atoms with Crippen molar-refractivity contribution in [2.45, 2.75) is 18.4 Å². The minimum atomic E-state index is -0.942. The SMILES string of the molecule is O=C(N[C@@H](CC12C3C4C5C3C1C5C42)C(=O)O)OCC1c2ccccc2-c2ccccc21. The molecule has 0 saturated heterocycles. The van der Waals surface area contributed by atoms with Gasteiger partial charge in [0, 0.05) is 5.92 Å². The van der Waals surface area contributed by atoms with Gasteiger partial charge in [-0.3, -0.25) is 0 Å². The highest BCUT2D eigenvalue weighted by atomic mass is 16.5. The summed E-state index contributed by atoms with van der Waals surface area (Å²) in [6.07, 6.45) is -0.0332. The Labute approximate surface area is 179 Å². The van der Waals surface area contributed by atoms with Gasteiger partial charge in [-0.05, 0) is 75.5 Å². The third-order valence-electron chi connectivity index (χ3n) is 10.2. The Hall–Kier alpha value is -2.82. The van der Waals surface area contributed by atoms with E-state index in [2.05, 4.69) is 29.6 Å². The molecular weight excluding hydrogens is 390 g/mol. The molecule has 0 bridgehead atoms. The molecule has 0 unspecified atom stereocenters. The van der Waals surface area contributed by atoms with E-state index in [0.717, 1.165) is 52.6 Å². The summed E-state index contributed by atoms with van der Waals surface area (Å²) in [6.45, 7) is 0.207. The maximum Gasteiger partial charge on any atom is 0.407 e. The highest BCUT2D eigenvalue weighted by Crippen LogP contribution is 3.06. The number of ether oxygens (including phenoxy) is 1. The number of amides is 1. The number of carboxylic acids is 1. The summed E-state index contributed by atoms with van der Waals surface area (Å²) in [4.78, 5) is 24.5. The zero-order valence-corrected chi connectivity index (χ0v) is 16.9. The van der Waals surface area contributed by atoms with Gasteiger partial charge in [-0.15, -0.1) is 0 Å². The van der Waals surface area contributed by atoms with E-state index in [1.54, 1.807) is 0 Å². The van der Waals surface area contributed by atoms with Crippen molar-refractivity contribution in [1.29, 1.82) is 0 Å². The number of alkyl carbamates (subject to hydrolysis) is 1. The largest absolute Gasteiger partial charge is 0.480 e. The second-order valence-electron chi connectivity index (χ2n) is 10.6. The number of carbonyl (C=O) groups is 2. The van der Waals surface area contributed by atoms with Gasteiger partial charge in [0.05, 0.1) is 0 Å². The van der Waals surface area contributed by atoms with E-state index in [-0.39, 0.29) is 17.9 Å². The summed E-state index contributed by atoms with van der Waals surface area (Å²) in [5.74, 6) is 5.06. The monoisotopic (exact) mass is 413 g/mol.